The molecule has 0 radical (unpaired) electrons. The number of unbranched alkanes of at least 4 members (excludes halogenated alkanes) is 12. The first-order valence-electron chi connectivity index (χ1n) is 21.7. The molecule has 0 spiro atoms. The number of phosphoric ester groups is 1. The van der Waals surface area contributed by atoms with E-state index in [1.165, 1.54) is 32.1 Å². The molecule has 0 rings (SSSR count). The summed E-state index contributed by atoms with van der Waals surface area (Å²) in [5.74, 6) is -0.854. The first-order valence-corrected chi connectivity index (χ1v) is 23.2. The summed E-state index contributed by atoms with van der Waals surface area (Å²) in [5, 5.41) is 0. The largest absolute Gasteiger partial charge is 0.472 e. The Morgan fingerprint density at radius 1 is 0.571 bits per heavy atom. The standard InChI is InChI=1S/C46H80NO8P/c1-6-8-10-12-14-16-18-20-21-22-23-24-25-27-29-31-33-35-37-39-46(49)55-44(43-54-56(50,51)53-41-40-47(3,4)5)42-52-45(48)38-36-34-32-30-28-26-19-17-15-13-11-9-7-2/h8,10,14,16-17,19-21,23-24,27,29,44H,6-7,9,11-13,15,18,22,25-26,28,30-43H2,1-5H3/p+1/b10-8-,16-14-,19-17-,21-20-,24-23-,29-27-/t44-/m1/s1. The summed E-state index contributed by atoms with van der Waals surface area (Å²) in [5.41, 5.74) is 0. The number of hydrogen-bond acceptors (Lipinski definition) is 7. The van der Waals surface area contributed by atoms with Crippen LogP contribution >= 0.6 is 7.82 Å². The summed E-state index contributed by atoms with van der Waals surface area (Å²) < 4.78 is 34.2. The molecule has 10 heteroatoms. The molecule has 0 aromatic heterocycles. The summed E-state index contributed by atoms with van der Waals surface area (Å²) in [6.45, 7) is 4.22. The second-order valence-electron chi connectivity index (χ2n) is 15.3. The quantitative estimate of drug-likeness (QED) is 0.0216. The van der Waals surface area contributed by atoms with Crippen LogP contribution in [-0.4, -0.2) is 74.9 Å². The number of rotatable bonds is 38. The van der Waals surface area contributed by atoms with Gasteiger partial charge in [-0.05, 0) is 83.5 Å². The van der Waals surface area contributed by atoms with Gasteiger partial charge in [-0.15, -0.1) is 0 Å². The van der Waals surface area contributed by atoms with Gasteiger partial charge in [0.2, 0.25) is 0 Å². The highest BCUT2D eigenvalue weighted by atomic mass is 31.2. The maximum Gasteiger partial charge on any atom is 0.472 e. The fraction of sp³-hybridized carbons (Fsp3) is 0.696. The van der Waals surface area contributed by atoms with E-state index in [2.05, 4.69) is 86.8 Å². The Balaban J connectivity index is 4.46. The number of ether oxygens (including phenoxy) is 2. The first-order chi connectivity index (χ1) is 27.0. The topological polar surface area (TPSA) is 108 Å². The monoisotopic (exact) mass is 807 g/mol. The Bertz CT molecular complexity index is 1180. The molecule has 1 N–H and O–H groups in total. The van der Waals surface area contributed by atoms with Gasteiger partial charge in [-0.1, -0.05) is 132 Å². The molecule has 0 fully saturated rings. The molecule has 0 heterocycles. The molecule has 56 heavy (non-hydrogen) atoms. The number of quaternary nitrogens is 1. The summed E-state index contributed by atoms with van der Waals surface area (Å²) in [4.78, 5) is 35.3. The summed E-state index contributed by atoms with van der Waals surface area (Å²) in [6, 6.07) is 0. The van der Waals surface area contributed by atoms with Crippen molar-refractivity contribution in [3.8, 4) is 0 Å². The number of phosphoric acid groups is 1. The van der Waals surface area contributed by atoms with Gasteiger partial charge in [0.15, 0.2) is 6.10 Å². The van der Waals surface area contributed by atoms with Crippen molar-refractivity contribution in [3.63, 3.8) is 0 Å². The minimum Gasteiger partial charge on any atom is -0.462 e. The first kappa shape index (κ1) is 53.5. The zero-order valence-electron chi connectivity index (χ0n) is 36.1. The van der Waals surface area contributed by atoms with E-state index in [1.54, 1.807) is 0 Å². The fourth-order valence-electron chi connectivity index (χ4n) is 5.33. The van der Waals surface area contributed by atoms with Crippen molar-refractivity contribution in [2.45, 2.75) is 161 Å². The van der Waals surface area contributed by atoms with Crippen LogP contribution < -0.4 is 0 Å². The molecule has 0 aliphatic rings. The van der Waals surface area contributed by atoms with Gasteiger partial charge in [0.05, 0.1) is 27.7 Å². The van der Waals surface area contributed by atoms with E-state index in [4.69, 9.17) is 18.5 Å². The van der Waals surface area contributed by atoms with Gasteiger partial charge in [-0.2, -0.15) is 0 Å². The van der Waals surface area contributed by atoms with Crippen LogP contribution in [0.2, 0.25) is 0 Å². The van der Waals surface area contributed by atoms with Gasteiger partial charge in [0, 0.05) is 12.8 Å². The fourth-order valence-corrected chi connectivity index (χ4v) is 6.07. The molecule has 1 unspecified atom stereocenters. The smallest absolute Gasteiger partial charge is 0.462 e. The van der Waals surface area contributed by atoms with E-state index in [-0.39, 0.29) is 26.1 Å². The molecule has 0 saturated heterocycles. The van der Waals surface area contributed by atoms with Crippen molar-refractivity contribution >= 4 is 19.8 Å². The van der Waals surface area contributed by atoms with Crippen molar-refractivity contribution in [1.82, 2.24) is 0 Å². The van der Waals surface area contributed by atoms with Crippen LogP contribution in [0.5, 0.6) is 0 Å². The van der Waals surface area contributed by atoms with Crippen LogP contribution in [0.4, 0.5) is 0 Å². The predicted octanol–water partition coefficient (Wildman–Crippen LogP) is 12.2. The van der Waals surface area contributed by atoms with E-state index < -0.39 is 32.5 Å². The summed E-state index contributed by atoms with van der Waals surface area (Å²) in [7, 11) is 1.44. The van der Waals surface area contributed by atoms with E-state index >= 15 is 0 Å². The van der Waals surface area contributed by atoms with Crippen molar-refractivity contribution in [2.75, 3.05) is 47.5 Å². The van der Waals surface area contributed by atoms with Crippen molar-refractivity contribution in [3.05, 3.63) is 72.9 Å². The average molecular weight is 807 g/mol. The number of esters is 2. The highest BCUT2D eigenvalue weighted by Gasteiger charge is 2.27. The lowest BCUT2D eigenvalue weighted by atomic mass is 10.1. The van der Waals surface area contributed by atoms with Crippen LogP contribution in [0.25, 0.3) is 0 Å². The molecule has 2 atom stereocenters. The third kappa shape index (κ3) is 41.1. The highest BCUT2D eigenvalue weighted by molar-refractivity contribution is 7.47. The third-order valence-electron chi connectivity index (χ3n) is 8.72. The number of allylic oxidation sites excluding steroid dienone is 12. The molecule has 0 aromatic carbocycles. The molecule has 0 aliphatic carbocycles. The lowest BCUT2D eigenvalue weighted by Gasteiger charge is -2.24. The Morgan fingerprint density at radius 3 is 1.55 bits per heavy atom. The average Bonchev–Trinajstić information content (AvgIpc) is 3.15. The van der Waals surface area contributed by atoms with Crippen LogP contribution in [-0.2, 0) is 32.7 Å². The van der Waals surface area contributed by atoms with Crippen LogP contribution in [0.15, 0.2) is 72.9 Å². The number of nitrogens with zero attached hydrogens (tertiary/aromatic N) is 1. The van der Waals surface area contributed by atoms with E-state index in [9.17, 15) is 19.0 Å². The van der Waals surface area contributed by atoms with Crippen molar-refractivity contribution in [2.24, 2.45) is 0 Å². The minimum absolute atomic E-state index is 0.0200. The van der Waals surface area contributed by atoms with Gasteiger partial charge in [0.1, 0.15) is 19.8 Å². The van der Waals surface area contributed by atoms with Gasteiger partial charge in [-0.25, -0.2) is 4.57 Å². The molecular formula is C46H81NO8P+. The van der Waals surface area contributed by atoms with Gasteiger partial charge >= 0.3 is 19.8 Å². The molecular weight excluding hydrogens is 725 g/mol. The predicted molar refractivity (Wildman–Crippen MR) is 233 cm³/mol. The maximum absolute atomic E-state index is 12.7. The van der Waals surface area contributed by atoms with Crippen molar-refractivity contribution < 1.29 is 42.1 Å². The Kier molecular flexibility index (Phi) is 36.3. The normalized spacial score (nSPS) is 14.3. The molecule has 0 saturated carbocycles. The Hall–Kier alpha value is -2.55. The van der Waals surface area contributed by atoms with Gasteiger partial charge < -0.3 is 18.9 Å². The van der Waals surface area contributed by atoms with Gasteiger partial charge in [0.25, 0.3) is 0 Å². The molecule has 0 bridgehead atoms. The molecule has 0 aromatic rings. The zero-order chi connectivity index (χ0) is 41.4. The molecule has 0 amide bonds. The lowest BCUT2D eigenvalue weighted by Crippen LogP contribution is -2.37. The Labute approximate surface area is 342 Å². The SMILES string of the molecule is CC/C=C\C/C=C\C/C=C\C/C=C\C/C=C\CCCCCC(=O)O[C@H](COC(=O)CCCCCCC/C=C\CCCCCC)COP(=O)(O)OCC[N+](C)(C)C. The van der Waals surface area contributed by atoms with Gasteiger partial charge in [-0.3, -0.25) is 18.6 Å². The third-order valence-corrected chi connectivity index (χ3v) is 9.70. The number of likely N-dealkylation sites (N-methyl/N-ethyl adjacent to an activating group) is 1. The second kappa shape index (κ2) is 38.0. The molecule has 322 valence electrons. The maximum atomic E-state index is 12.7. The van der Waals surface area contributed by atoms with Crippen LogP contribution in [0.1, 0.15) is 155 Å². The number of hydrogen-bond donors (Lipinski definition) is 1. The van der Waals surface area contributed by atoms with Crippen LogP contribution in [0.3, 0.4) is 0 Å². The van der Waals surface area contributed by atoms with Crippen LogP contribution in [0, 0.1) is 0 Å². The van der Waals surface area contributed by atoms with E-state index in [0.29, 0.717) is 17.4 Å². The molecule has 9 nitrogen and oxygen atoms in total. The Morgan fingerprint density at radius 2 is 1.02 bits per heavy atom. The number of carbonyl (C=O) groups excluding carboxylic acids is 2. The lowest BCUT2D eigenvalue weighted by molar-refractivity contribution is -0.870. The second-order valence-corrected chi connectivity index (χ2v) is 16.8. The highest BCUT2D eigenvalue weighted by Crippen LogP contribution is 2.43. The van der Waals surface area contributed by atoms with Crippen molar-refractivity contribution in [1.29, 1.82) is 0 Å². The van der Waals surface area contributed by atoms with E-state index in [1.807, 2.05) is 21.1 Å². The molecule has 0 aliphatic heterocycles. The zero-order valence-corrected chi connectivity index (χ0v) is 37.0. The van der Waals surface area contributed by atoms with E-state index in [0.717, 1.165) is 89.9 Å². The summed E-state index contributed by atoms with van der Waals surface area (Å²) >= 11 is 0. The summed E-state index contributed by atoms with van der Waals surface area (Å²) in [6.07, 6.45) is 46.6. The number of carbonyl (C=O) groups is 2. The minimum atomic E-state index is -4.39.